The number of benzene rings is 3. The maximum Gasteiger partial charge on any atom is 0.192 e. The van der Waals surface area contributed by atoms with E-state index in [4.69, 9.17) is 4.74 Å². The van der Waals surface area contributed by atoms with Crippen molar-refractivity contribution in [3.8, 4) is 17.0 Å². The van der Waals surface area contributed by atoms with Crippen molar-refractivity contribution in [2.45, 2.75) is 50.4 Å². The summed E-state index contributed by atoms with van der Waals surface area (Å²) < 4.78 is 24.5. The summed E-state index contributed by atoms with van der Waals surface area (Å²) in [5, 5.41) is 10.7. The van der Waals surface area contributed by atoms with Crippen molar-refractivity contribution in [2.24, 2.45) is 24.8 Å². The minimum absolute atomic E-state index is 0.0481. The Hall–Kier alpha value is -3.91. The summed E-state index contributed by atoms with van der Waals surface area (Å²) in [6.07, 6.45) is 5.09. The molecule has 220 valence electrons. The number of ketones is 1. The summed E-state index contributed by atoms with van der Waals surface area (Å²) in [6, 6.07) is 24.7. The molecule has 2 aliphatic carbocycles. The molecule has 0 spiro atoms. The predicted octanol–water partition coefficient (Wildman–Crippen LogP) is 8.13. The molecule has 0 unspecified atom stereocenters. The highest BCUT2D eigenvalue weighted by molar-refractivity contribution is 7.99. The lowest BCUT2D eigenvalue weighted by Gasteiger charge is -2.30. The van der Waals surface area contributed by atoms with Crippen molar-refractivity contribution in [1.82, 2.24) is 19.3 Å². The average Bonchev–Trinajstić information content (AvgIpc) is 3.83. The molecule has 8 heteroatoms. The number of rotatable bonds is 10. The highest BCUT2D eigenvalue weighted by Gasteiger charge is 2.43. The molecule has 0 radical (unpaired) electrons. The minimum atomic E-state index is -0.404. The van der Waals surface area contributed by atoms with E-state index >= 15 is 0 Å². The number of hydrogen-bond acceptors (Lipinski definition) is 5. The zero-order valence-corrected chi connectivity index (χ0v) is 25.3. The summed E-state index contributed by atoms with van der Waals surface area (Å²) in [5.74, 6) is 2.75. The number of aromatic nitrogens is 4. The van der Waals surface area contributed by atoms with Crippen molar-refractivity contribution >= 4 is 28.4 Å². The van der Waals surface area contributed by atoms with Crippen LogP contribution in [0.25, 0.3) is 22.2 Å². The van der Waals surface area contributed by atoms with Crippen LogP contribution >= 0.6 is 11.8 Å². The van der Waals surface area contributed by atoms with Gasteiger partial charge in [0.05, 0.1) is 17.0 Å². The number of ether oxygens (including phenoxy) is 1. The highest BCUT2D eigenvalue weighted by Crippen LogP contribution is 2.52. The van der Waals surface area contributed by atoms with E-state index in [-0.39, 0.29) is 29.9 Å². The standard InChI is InChI=1S/C35H35FN4O2S/c1-22(27-19-23-16-17-25(27)18-23)40-32(20-42-31-15-9-7-13-28(31)36)37-38-35(40)43-21-30(41)33-26-12-6-8-14-29(26)39(2)34(33)24-10-4-3-5-11-24/h3-15,22-23,25,27H,16-21H2,1-2H3/t22-,23+,25+,27+/m1/s1. The van der Waals surface area contributed by atoms with E-state index < -0.39 is 5.82 Å². The molecule has 2 bridgehead atoms. The van der Waals surface area contributed by atoms with E-state index in [0.717, 1.165) is 33.6 Å². The van der Waals surface area contributed by atoms with E-state index in [1.807, 2.05) is 55.6 Å². The van der Waals surface area contributed by atoms with E-state index in [1.165, 1.54) is 43.5 Å². The second kappa shape index (κ2) is 11.6. The monoisotopic (exact) mass is 594 g/mol. The Balaban J connectivity index is 1.19. The van der Waals surface area contributed by atoms with Crippen LogP contribution in [0.2, 0.25) is 0 Å². The van der Waals surface area contributed by atoms with Crippen LogP contribution in [0.3, 0.4) is 0 Å². The second-order valence-electron chi connectivity index (χ2n) is 11.9. The molecule has 4 atom stereocenters. The lowest BCUT2D eigenvalue weighted by atomic mass is 9.84. The van der Waals surface area contributed by atoms with Gasteiger partial charge in [-0.25, -0.2) is 4.39 Å². The Morgan fingerprint density at radius 1 is 1.00 bits per heavy atom. The van der Waals surface area contributed by atoms with Gasteiger partial charge in [0.25, 0.3) is 0 Å². The van der Waals surface area contributed by atoms with Crippen LogP contribution in [0, 0.1) is 23.6 Å². The topological polar surface area (TPSA) is 61.9 Å². The van der Waals surface area contributed by atoms with Crippen molar-refractivity contribution in [2.75, 3.05) is 5.75 Å². The number of halogens is 1. The van der Waals surface area contributed by atoms with Gasteiger partial charge in [-0.3, -0.25) is 9.36 Å². The van der Waals surface area contributed by atoms with Crippen LogP contribution in [-0.2, 0) is 13.7 Å². The quantitative estimate of drug-likeness (QED) is 0.121. The first-order valence-electron chi connectivity index (χ1n) is 15.1. The molecule has 0 amide bonds. The van der Waals surface area contributed by atoms with Crippen LogP contribution in [0.15, 0.2) is 84.0 Å². The maximum atomic E-state index is 14.3. The second-order valence-corrected chi connectivity index (χ2v) is 12.9. The lowest BCUT2D eigenvalue weighted by Crippen LogP contribution is -2.24. The molecule has 5 aromatic rings. The number of para-hydroxylation sites is 2. The zero-order chi connectivity index (χ0) is 29.5. The molecule has 2 saturated carbocycles. The van der Waals surface area contributed by atoms with Crippen molar-refractivity contribution in [3.63, 3.8) is 0 Å². The highest BCUT2D eigenvalue weighted by atomic mass is 32.2. The van der Waals surface area contributed by atoms with Gasteiger partial charge in [-0.1, -0.05) is 78.8 Å². The molecule has 43 heavy (non-hydrogen) atoms. The fourth-order valence-electron chi connectivity index (χ4n) is 7.51. The van der Waals surface area contributed by atoms with Crippen molar-refractivity contribution in [3.05, 3.63) is 96.1 Å². The van der Waals surface area contributed by atoms with Crippen molar-refractivity contribution < 1.29 is 13.9 Å². The van der Waals surface area contributed by atoms with Gasteiger partial charge < -0.3 is 9.30 Å². The fraction of sp³-hybridized carbons (Fsp3) is 0.343. The normalized spacial score (nSPS) is 20.1. The Labute approximate surface area is 255 Å². The molecule has 3 aromatic carbocycles. The number of carbonyl (C=O) groups excluding carboxylic acids is 1. The van der Waals surface area contributed by atoms with Gasteiger partial charge in [-0.05, 0) is 67.7 Å². The number of Topliss-reactive ketones (excluding diaryl/α,β-unsaturated/α-hetero) is 1. The van der Waals surface area contributed by atoms with Crippen molar-refractivity contribution in [1.29, 1.82) is 0 Å². The smallest absolute Gasteiger partial charge is 0.192 e. The SMILES string of the molecule is C[C@H]([C@@H]1C[C@H]2CC[C@H]1C2)n1c(COc2ccccc2F)nnc1SCC(=O)c1c(-c2ccccc2)n(C)c2ccccc12. The van der Waals surface area contributed by atoms with E-state index in [0.29, 0.717) is 22.8 Å². The van der Waals surface area contributed by atoms with Crippen LogP contribution < -0.4 is 4.74 Å². The number of nitrogens with zero attached hydrogens (tertiary/aromatic N) is 4. The number of hydrogen-bond donors (Lipinski definition) is 0. The van der Waals surface area contributed by atoms with E-state index in [2.05, 4.69) is 32.3 Å². The number of fused-ring (bicyclic) bond motifs is 3. The first-order chi connectivity index (χ1) is 21.0. The molecule has 7 rings (SSSR count). The summed E-state index contributed by atoms with van der Waals surface area (Å²) >= 11 is 1.43. The maximum absolute atomic E-state index is 14.3. The van der Waals surface area contributed by atoms with Gasteiger partial charge in [0.15, 0.2) is 28.3 Å². The summed E-state index contributed by atoms with van der Waals surface area (Å²) in [5.41, 5.74) is 3.68. The molecular formula is C35H35FN4O2S. The molecular weight excluding hydrogens is 559 g/mol. The third-order valence-electron chi connectivity index (χ3n) is 9.51. The van der Waals surface area contributed by atoms with Gasteiger partial charge in [0.1, 0.15) is 6.61 Å². The van der Waals surface area contributed by atoms with Crippen LogP contribution in [0.4, 0.5) is 4.39 Å². The van der Waals surface area contributed by atoms with Gasteiger partial charge in [0, 0.05) is 24.0 Å². The van der Waals surface area contributed by atoms with Gasteiger partial charge >= 0.3 is 0 Å². The largest absolute Gasteiger partial charge is 0.483 e. The molecule has 2 heterocycles. The van der Waals surface area contributed by atoms with Gasteiger partial charge in [-0.15, -0.1) is 10.2 Å². The Kier molecular flexibility index (Phi) is 7.55. The Morgan fingerprint density at radius 3 is 2.53 bits per heavy atom. The number of carbonyl (C=O) groups is 1. The third-order valence-corrected chi connectivity index (χ3v) is 10.5. The summed E-state index contributed by atoms with van der Waals surface area (Å²) in [7, 11) is 2.02. The van der Waals surface area contributed by atoms with Gasteiger partial charge in [0.2, 0.25) is 0 Å². The fourth-order valence-corrected chi connectivity index (χ4v) is 8.42. The van der Waals surface area contributed by atoms with Gasteiger partial charge in [-0.2, -0.15) is 0 Å². The average molecular weight is 595 g/mol. The number of aryl methyl sites for hydroxylation is 1. The Morgan fingerprint density at radius 2 is 1.77 bits per heavy atom. The molecule has 0 saturated heterocycles. The summed E-state index contributed by atoms with van der Waals surface area (Å²) in [4.78, 5) is 14.1. The lowest BCUT2D eigenvalue weighted by molar-refractivity contribution is 0.102. The molecule has 2 fully saturated rings. The molecule has 6 nitrogen and oxygen atoms in total. The zero-order valence-electron chi connectivity index (χ0n) is 24.4. The third kappa shape index (κ3) is 5.16. The predicted molar refractivity (Wildman–Crippen MR) is 168 cm³/mol. The van der Waals surface area contributed by atoms with Crippen LogP contribution in [0.1, 0.15) is 54.8 Å². The molecule has 0 aliphatic heterocycles. The number of thioether (sulfide) groups is 1. The van der Waals surface area contributed by atoms with E-state index in [1.54, 1.807) is 18.2 Å². The van der Waals surface area contributed by atoms with Crippen LogP contribution in [-0.4, -0.2) is 30.9 Å². The molecule has 0 N–H and O–H groups in total. The van der Waals surface area contributed by atoms with Crippen LogP contribution in [0.5, 0.6) is 5.75 Å². The minimum Gasteiger partial charge on any atom is -0.483 e. The van der Waals surface area contributed by atoms with E-state index in [9.17, 15) is 9.18 Å². The summed E-state index contributed by atoms with van der Waals surface area (Å²) in [6.45, 7) is 2.35. The first-order valence-corrected chi connectivity index (χ1v) is 16.1. The molecule has 2 aliphatic rings. The Bertz CT molecular complexity index is 1780. The first kappa shape index (κ1) is 27.9. The molecule has 2 aromatic heterocycles.